The van der Waals surface area contributed by atoms with Gasteiger partial charge < -0.3 is 22.0 Å². The van der Waals surface area contributed by atoms with Crippen LogP contribution in [0.2, 0.25) is 0 Å². The second-order valence-electron chi connectivity index (χ2n) is 5.33. The SMILES string of the molecule is C=CCOc1ccccc1[I+]c1c(C)cc(C)cc1C.F[B-](F)(F)F. The lowest BCUT2D eigenvalue weighted by Gasteiger charge is -2.04. The van der Waals surface area contributed by atoms with Gasteiger partial charge >= 0.3 is 28.5 Å². The number of aryl methyl sites for hydroxylation is 3. The van der Waals surface area contributed by atoms with E-state index in [1.165, 1.54) is 23.8 Å². The molecule has 0 aromatic heterocycles. The zero-order valence-corrected chi connectivity index (χ0v) is 16.5. The third-order valence-corrected chi connectivity index (χ3v) is 6.68. The maximum absolute atomic E-state index is 9.75. The van der Waals surface area contributed by atoms with Gasteiger partial charge in [0.1, 0.15) is 6.61 Å². The van der Waals surface area contributed by atoms with Gasteiger partial charge in [0, 0.05) is 11.1 Å². The van der Waals surface area contributed by atoms with Gasteiger partial charge in [-0.3, -0.25) is 0 Å². The highest BCUT2D eigenvalue weighted by Crippen LogP contribution is 2.11. The van der Waals surface area contributed by atoms with Crippen molar-refractivity contribution in [3.63, 3.8) is 0 Å². The molecule has 2 aromatic rings. The van der Waals surface area contributed by atoms with Gasteiger partial charge in [0.25, 0.3) is 0 Å². The van der Waals surface area contributed by atoms with Gasteiger partial charge in [-0.05, 0) is 32.9 Å². The van der Waals surface area contributed by atoms with E-state index in [-0.39, 0.29) is 21.2 Å². The van der Waals surface area contributed by atoms with Gasteiger partial charge in [0.2, 0.25) is 3.57 Å². The summed E-state index contributed by atoms with van der Waals surface area (Å²) >= 11 is -0.226. The molecule has 0 atom stereocenters. The van der Waals surface area contributed by atoms with Crippen molar-refractivity contribution in [3.8, 4) is 5.75 Å². The van der Waals surface area contributed by atoms with Crippen molar-refractivity contribution in [2.75, 3.05) is 6.61 Å². The summed E-state index contributed by atoms with van der Waals surface area (Å²) in [6.45, 7) is 10.9. The molecule has 0 aliphatic heterocycles. The van der Waals surface area contributed by atoms with Crippen LogP contribution in [0.5, 0.6) is 5.75 Å². The highest BCUT2D eigenvalue weighted by molar-refractivity contribution is 6.50. The molecular weight excluding hydrogens is 446 g/mol. The van der Waals surface area contributed by atoms with Crippen molar-refractivity contribution in [1.29, 1.82) is 0 Å². The average molecular weight is 466 g/mol. The van der Waals surface area contributed by atoms with Crippen molar-refractivity contribution in [2.24, 2.45) is 0 Å². The van der Waals surface area contributed by atoms with Crippen molar-refractivity contribution in [3.05, 3.63) is 72.9 Å². The summed E-state index contributed by atoms with van der Waals surface area (Å²) in [6.07, 6.45) is 1.79. The van der Waals surface area contributed by atoms with Gasteiger partial charge in [-0.25, -0.2) is 0 Å². The third-order valence-electron chi connectivity index (χ3n) is 2.97. The summed E-state index contributed by atoms with van der Waals surface area (Å²) in [4.78, 5) is 0. The average Bonchev–Trinajstić information content (AvgIpc) is 2.48. The minimum absolute atomic E-state index is 0.226. The Bertz CT molecular complexity index is 687. The first-order valence-corrected chi connectivity index (χ1v) is 9.70. The smallest absolute Gasteiger partial charge is 0.485 e. The van der Waals surface area contributed by atoms with Crippen molar-refractivity contribution >= 4 is 7.25 Å². The quantitative estimate of drug-likeness (QED) is 0.285. The van der Waals surface area contributed by atoms with E-state index in [4.69, 9.17) is 4.74 Å². The molecule has 0 amide bonds. The van der Waals surface area contributed by atoms with Crippen LogP contribution in [0.15, 0.2) is 49.1 Å². The normalized spacial score (nSPS) is 10.7. The lowest BCUT2D eigenvalue weighted by molar-refractivity contribution is -0.599. The summed E-state index contributed by atoms with van der Waals surface area (Å²) in [5, 5.41) is 0. The van der Waals surface area contributed by atoms with E-state index in [1.807, 2.05) is 6.07 Å². The van der Waals surface area contributed by atoms with Crippen LogP contribution in [0.1, 0.15) is 16.7 Å². The summed E-state index contributed by atoms with van der Waals surface area (Å²) in [6, 6.07) is 12.9. The highest BCUT2D eigenvalue weighted by atomic mass is 127. The third kappa shape index (κ3) is 8.42. The molecule has 2 aromatic carbocycles. The fourth-order valence-corrected chi connectivity index (χ4v) is 4.93. The predicted molar refractivity (Wildman–Crippen MR) is 90.4 cm³/mol. The van der Waals surface area contributed by atoms with Gasteiger partial charge in [-0.1, -0.05) is 42.5 Å². The van der Waals surface area contributed by atoms with Crippen LogP contribution in [0, 0.1) is 27.9 Å². The second-order valence-corrected chi connectivity index (χ2v) is 8.11. The Morgan fingerprint density at radius 1 is 1.04 bits per heavy atom. The van der Waals surface area contributed by atoms with E-state index in [0.29, 0.717) is 6.61 Å². The molecule has 0 aliphatic rings. The molecule has 0 radical (unpaired) electrons. The fraction of sp³-hybridized carbons (Fsp3) is 0.222. The number of hydrogen-bond donors (Lipinski definition) is 0. The molecule has 0 bridgehead atoms. The Labute approximate surface area is 156 Å². The number of halogens is 5. The standard InChI is InChI=1S/C18H20IO.BF4/c1-5-10-20-17-9-7-6-8-16(17)19-18-14(3)11-13(2)12-15(18)4;2-1(3,4)5/h5-9,11-12H,1,10H2,2-4H3;/q+1;-1. The molecule has 7 heteroatoms. The Morgan fingerprint density at radius 2 is 1.56 bits per heavy atom. The number of benzene rings is 2. The molecular formula is C18H20BF4IO. The Hall–Kier alpha value is -1.51. The molecule has 0 N–H and O–H groups in total. The molecule has 0 unspecified atom stereocenters. The van der Waals surface area contributed by atoms with Crippen LogP contribution in [0.3, 0.4) is 0 Å². The van der Waals surface area contributed by atoms with Gasteiger partial charge in [0.05, 0.1) is 0 Å². The zero-order chi connectivity index (χ0) is 19.0. The topological polar surface area (TPSA) is 9.23 Å². The van der Waals surface area contributed by atoms with E-state index in [0.717, 1.165) is 5.75 Å². The fourth-order valence-electron chi connectivity index (χ4n) is 2.20. The number of para-hydroxylation sites is 1. The second kappa shape index (κ2) is 9.84. The predicted octanol–water partition coefficient (Wildman–Crippen LogP) is 2.61. The molecule has 0 spiro atoms. The molecule has 0 saturated carbocycles. The van der Waals surface area contributed by atoms with Crippen LogP contribution in [0.4, 0.5) is 17.3 Å². The molecule has 1 nitrogen and oxygen atoms in total. The van der Waals surface area contributed by atoms with Gasteiger partial charge in [-0.2, -0.15) is 0 Å². The maximum atomic E-state index is 9.75. The van der Waals surface area contributed by atoms with E-state index in [2.05, 4.69) is 57.7 Å². The lowest BCUT2D eigenvalue weighted by Crippen LogP contribution is -3.62. The first-order valence-electron chi connectivity index (χ1n) is 7.54. The maximum Gasteiger partial charge on any atom is 0.673 e. The van der Waals surface area contributed by atoms with E-state index >= 15 is 0 Å². The first-order chi connectivity index (χ1) is 11.6. The van der Waals surface area contributed by atoms with Crippen molar-refractivity contribution in [2.45, 2.75) is 20.8 Å². The highest BCUT2D eigenvalue weighted by Gasteiger charge is 2.25. The molecule has 136 valence electrons. The van der Waals surface area contributed by atoms with Crippen LogP contribution < -0.4 is 25.9 Å². The number of rotatable bonds is 5. The summed E-state index contributed by atoms with van der Waals surface area (Å²) < 4.78 is 47.6. The molecule has 0 saturated heterocycles. The monoisotopic (exact) mass is 466 g/mol. The Morgan fingerprint density at radius 3 is 2.08 bits per heavy atom. The summed E-state index contributed by atoms with van der Waals surface area (Å²) in [7, 11) is -6.00. The molecule has 25 heavy (non-hydrogen) atoms. The summed E-state index contributed by atoms with van der Waals surface area (Å²) in [5.41, 5.74) is 4.13. The minimum Gasteiger partial charge on any atom is -0.485 e. The number of hydrogen-bond acceptors (Lipinski definition) is 1. The van der Waals surface area contributed by atoms with E-state index < -0.39 is 7.25 Å². The zero-order valence-electron chi connectivity index (χ0n) is 14.3. The van der Waals surface area contributed by atoms with Crippen LogP contribution in [0.25, 0.3) is 0 Å². The first kappa shape index (κ1) is 21.5. The van der Waals surface area contributed by atoms with Crippen LogP contribution in [-0.2, 0) is 0 Å². The number of ether oxygens (including phenoxy) is 1. The van der Waals surface area contributed by atoms with E-state index in [1.54, 1.807) is 6.08 Å². The van der Waals surface area contributed by atoms with Crippen molar-refractivity contribution in [1.82, 2.24) is 0 Å². The molecule has 0 aliphatic carbocycles. The minimum atomic E-state index is -6.00. The molecule has 0 fully saturated rings. The van der Waals surface area contributed by atoms with Crippen LogP contribution in [-0.4, -0.2) is 13.9 Å². The van der Waals surface area contributed by atoms with E-state index in [9.17, 15) is 17.3 Å². The summed E-state index contributed by atoms with van der Waals surface area (Å²) in [5.74, 6) is 1.000. The molecule has 0 heterocycles. The van der Waals surface area contributed by atoms with Crippen LogP contribution >= 0.6 is 0 Å². The lowest BCUT2D eigenvalue weighted by atomic mass is 10.1. The molecule has 2 rings (SSSR count). The largest absolute Gasteiger partial charge is 0.673 e. The van der Waals surface area contributed by atoms with Gasteiger partial charge in [-0.15, -0.1) is 0 Å². The van der Waals surface area contributed by atoms with Crippen molar-refractivity contribution < 1.29 is 43.2 Å². The van der Waals surface area contributed by atoms with Gasteiger partial charge in [0.15, 0.2) is 9.32 Å². The Kier molecular flexibility index (Phi) is 8.48. The Balaban J connectivity index is 0.000000550.